The van der Waals surface area contributed by atoms with Crippen LogP contribution in [0.25, 0.3) is 0 Å². The molecule has 1 aliphatic heterocycles. The summed E-state index contributed by atoms with van der Waals surface area (Å²) < 4.78 is 29.2. The Bertz CT molecular complexity index is 260. The number of hydrogen-bond donors (Lipinski definition) is 1. The van der Waals surface area contributed by atoms with Gasteiger partial charge in [-0.25, -0.2) is 14.1 Å². The smallest absolute Gasteiger partial charge is 0.360 e. The third-order valence-electron chi connectivity index (χ3n) is 2.11. The Labute approximate surface area is 85.5 Å². The molecule has 1 atom stereocenters. The summed E-state index contributed by atoms with van der Waals surface area (Å²) in [5.41, 5.74) is -0.443. The number of halogens is 2. The highest BCUT2D eigenvalue weighted by Gasteiger charge is 2.26. The number of ether oxygens (including phenoxy) is 1. The second kappa shape index (κ2) is 5.62. The van der Waals surface area contributed by atoms with Crippen LogP contribution in [0, 0.1) is 0 Å². The molecule has 0 aromatic rings. The fraction of sp³-hybridized carbons (Fsp3) is 0.625. The summed E-state index contributed by atoms with van der Waals surface area (Å²) >= 11 is 0. The predicted octanol–water partition coefficient (Wildman–Crippen LogP) is 0.103. The first-order valence-electron chi connectivity index (χ1n) is 4.40. The van der Waals surface area contributed by atoms with Gasteiger partial charge in [0, 0.05) is 11.1 Å². The SMILES string of the molecule is CNC1CN(C(=CF)C(=O)OF)CCO1. The molecule has 0 amide bonds. The average molecular weight is 222 g/mol. The van der Waals surface area contributed by atoms with Crippen LogP contribution in [0.15, 0.2) is 12.0 Å². The maximum atomic E-state index is 12.4. The van der Waals surface area contributed by atoms with E-state index in [1.807, 2.05) is 0 Å². The van der Waals surface area contributed by atoms with Gasteiger partial charge < -0.3 is 9.64 Å². The van der Waals surface area contributed by atoms with Gasteiger partial charge in [-0.1, -0.05) is 0 Å². The number of nitrogens with one attached hydrogen (secondary N) is 1. The van der Waals surface area contributed by atoms with Crippen molar-refractivity contribution in [3.8, 4) is 0 Å². The third kappa shape index (κ3) is 2.87. The van der Waals surface area contributed by atoms with E-state index in [1.165, 1.54) is 4.90 Å². The molecule has 0 aromatic carbocycles. The Balaban J connectivity index is 2.65. The third-order valence-corrected chi connectivity index (χ3v) is 2.11. The van der Waals surface area contributed by atoms with Crippen molar-refractivity contribution in [3.63, 3.8) is 0 Å². The molecule has 0 aliphatic carbocycles. The van der Waals surface area contributed by atoms with Gasteiger partial charge in [-0.3, -0.25) is 5.32 Å². The number of rotatable bonds is 3. The zero-order chi connectivity index (χ0) is 11.3. The lowest BCUT2D eigenvalue weighted by Crippen LogP contribution is -2.48. The fourth-order valence-corrected chi connectivity index (χ4v) is 1.32. The molecule has 1 saturated heterocycles. The van der Waals surface area contributed by atoms with Gasteiger partial charge in [0.2, 0.25) is 0 Å². The largest absolute Gasteiger partial charge is 0.397 e. The van der Waals surface area contributed by atoms with Gasteiger partial charge in [-0.05, 0) is 7.05 Å². The van der Waals surface area contributed by atoms with Gasteiger partial charge in [0.05, 0.1) is 13.2 Å². The van der Waals surface area contributed by atoms with Crippen molar-refractivity contribution in [1.29, 1.82) is 0 Å². The summed E-state index contributed by atoms with van der Waals surface area (Å²) in [6, 6.07) is 0. The first-order chi connectivity index (χ1) is 7.22. The van der Waals surface area contributed by atoms with Crippen LogP contribution < -0.4 is 5.32 Å². The Kier molecular flexibility index (Phi) is 4.44. The molecule has 15 heavy (non-hydrogen) atoms. The lowest BCUT2D eigenvalue weighted by Gasteiger charge is -2.33. The van der Waals surface area contributed by atoms with Gasteiger partial charge in [0.15, 0.2) is 5.70 Å². The minimum Gasteiger partial charge on any atom is -0.360 e. The highest BCUT2D eigenvalue weighted by molar-refractivity contribution is 5.86. The van der Waals surface area contributed by atoms with Crippen molar-refractivity contribution in [2.75, 3.05) is 26.7 Å². The zero-order valence-corrected chi connectivity index (χ0v) is 8.20. The molecule has 0 saturated carbocycles. The average Bonchev–Trinajstić information content (AvgIpc) is 2.30. The van der Waals surface area contributed by atoms with E-state index in [2.05, 4.69) is 10.3 Å². The van der Waals surface area contributed by atoms with Gasteiger partial charge in [-0.2, -0.15) is 0 Å². The molecule has 1 unspecified atom stereocenters. The number of nitrogens with zero attached hydrogens (tertiary/aromatic N) is 1. The lowest BCUT2D eigenvalue weighted by molar-refractivity contribution is -0.181. The quantitative estimate of drug-likeness (QED) is 0.686. The zero-order valence-electron chi connectivity index (χ0n) is 8.20. The summed E-state index contributed by atoms with van der Waals surface area (Å²) in [4.78, 5) is 15.2. The number of carbonyl (C=O) groups excluding carboxylic acids is 1. The van der Waals surface area contributed by atoms with E-state index in [1.54, 1.807) is 7.05 Å². The van der Waals surface area contributed by atoms with Crippen molar-refractivity contribution in [1.82, 2.24) is 10.2 Å². The molecular weight excluding hydrogens is 210 g/mol. The highest BCUT2D eigenvalue weighted by atomic mass is 19.3. The monoisotopic (exact) mass is 222 g/mol. The van der Waals surface area contributed by atoms with E-state index in [-0.39, 0.29) is 19.1 Å². The van der Waals surface area contributed by atoms with E-state index >= 15 is 0 Å². The summed E-state index contributed by atoms with van der Waals surface area (Å²) in [5, 5.41) is 2.81. The molecule has 0 radical (unpaired) electrons. The Morgan fingerprint density at radius 2 is 2.47 bits per heavy atom. The first-order valence-corrected chi connectivity index (χ1v) is 4.40. The molecule has 1 rings (SSSR count). The number of likely N-dealkylation sites (N-methyl/N-ethyl adjacent to an activating group) is 1. The van der Waals surface area contributed by atoms with Crippen LogP contribution in [0.1, 0.15) is 0 Å². The Hall–Kier alpha value is -1.21. The van der Waals surface area contributed by atoms with Crippen LogP contribution in [0.3, 0.4) is 0 Å². The molecule has 0 aromatic heterocycles. The van der Waals surface area contributed by atoms with E-state index < -0.39 is 11.7 Å². The summed E-state index contributed by atoms with van der Waals surface area (Å²) in [6.45, 7) is 0.882. The molecule has 1 aliphatic rings. The van der Waals surface area contributed by atoms with Crippen molar-refractivity contribution in [3.05, 3.63) is 12.0 Å². The fourth-order valence-electron chi connectivity index (χ4n) is 1.32. The van der Waals surface area contributed by atoms with Crippen LogP contribution in [0.2, 0.25) is 0 Å². The number of carbonyl (C=O) groups is 1. The van der Waals surface area contributed by atoms with E-state index in [0.717, 1.165) is 0 Å². The lowest BCUT2D eigenvalue weighted by atomic mass is 10.3. The molecule has 7 heteroatoms. The molecule has 5 nitrogen and oxygen atoms in total. The molecule has 1 N–H and O–H groups in total. The van der Waals surface area contributed by atoms with Crippen LogP contribution in [-0.4, -0.2) is 43.8 Å². The van der Waals surface area contributed by atoms with Gasteiger partial charge in [0.1, 0.15) is 12.6 Å². The topological polar surface area (TPSA) is 50.8 Å². The second-order valence-corrected chi connectivity index (χ2v) is 2.95. The summed E-state index contributed by atoms with van der Waals surface area (Å²) in [6.07, 6.45) is -0.291. The first kappa shape index (κ1) is 11.9. The molecule has 86 valence electrons. The van der Waals surface area contributed by atoms with Gasteiger partial charge in [-0.15, -0.1) is 0 Å². The van der Waals surface area contributed by atoms with Crippen molar-refractivity contribution in [2.45, 2.75) is 6.23 Å². The maximum absolute atomic E-state index is 12.4. The van der Waals surface area contributed by atoms with E-state index in [0.29, 0.717) is 13.2 Å². The summed E-state index contributed by atoms with van der Waals surface area (Å²) in [7, 11) is 1.67. The molecule has 0 spiro atoms. The standard InChI is InChI=1S/C8H12F2N2O3/c1-11-7-5-12(2-3-14-7)6(4-9)8(13)15-10/h4,7,11H,2-3,5H2,1H3. The Morgan fingerprint density at radius 3 is 3.00 bits per heavy atom. The Morgan fingerprint density at radius 1 is 1.73 bits per heavy atom. The maximum Gasteiger partial charge on any atom is 0.397 e. The van der Waals surface area contributed by atoms with Crippen LogP contribution in [0.4, 0.5) is 8.92 Å². The number of hydrogen-bond acceptors (Lipinski definition) is 5. The molecule has 1 heterocycles. The van der Waals surface area contributed by atoms with Crippen molar-refractivity contribution >= 4 is 5.97 Å². The minimum absolute atomic E-state index is 0.0277. The van der Waals surface area contributed by atoms with Crippen LogP contribution in [-0.2, 0) is 14.5 Å². The van der Waals surface area contributed by atoms with Crippen molar-refractivity contribution in [2.24, 2.45) is 0 Å². The van der Waals surface area contributed by atoms with Crippen LogP contribution >= 0.6 is 0 Å². The molecular formula is C8H12F2N2O3. The summed E-state index contributed by atoms with van der Waals surface area (Å²) in [5.74, 6) is -1.34. The minimum atomic E-state index is -1.34. The molecule has 0 bridgehead atoms. The van der Waals surface area contributed by atoms with E-state index in [9.17, 15) is 13.7 Å². The van der Waals surface area contributed by atoms with Gasteiger partial charge in [0.25, 0.3) is 0 Å². The van der Waals surface area contributed by atoms with E-state index in [4.69, 9.17) is 4.74 Å². The highest BCUT2D eigenvalue weighted by Crippen LogP contribution is 2.12. The number of morpholine rings is 1. The van der Waals surface area contributed by atoms with Gasteiger partial charge >= 0.3 is 5.97 Å². The van der Waals surface area contributed by atoms with Crippen molar-refractivity contribution < 1.29 is 23.4 Å². The normalized spacial score (nSPS) is 22.7. The molecule has 1 fully saturated rings. The van der Waals surface area contributed by atoms with Crippen LogP contribution in [0.5, 0.6) is 0 Å². The predicted molar refractivity (Wildman–Crippen MR) is 46.8 cm³/mol. The second-order valence-electron chi connectivity index (χ2n) is 2.95.